The Bertz CT molecular complexity index is 314. The lowest BCUT2D eigenvalue weighted by Crippen LogP contribution is -2.59. The van der Waals surface area contributed by atoms with Crippen LogP contribution in [0.3, 0.4) is 0 Å². The number of piperazine rings is 1. The Balaban J connectivity index is 1.82. The molecule has 0 saturated carbocycles. The second-order valence-corrected chi connectivity index (χ2v) is 5.26. The Labute approximate surface area is 108 Å². The molecule has 2 fully saturated rings. The molecule has 1 atom stereocenters. The molecule has 2 rings (SSSR count). The van der Waals surface area contributed by atoms with Crippen LogP contribution in [-0.4, -0.2) is 74.0 Å². The number of carbonyl (C=O) groups excluding carboxylic acids is 2. The van der Waals surface area contributed by atoms with E-state index < -0.39 is 0 Å². The van der Waals surface area contributed by atoms with Crippen LogP contribution >= 0.6 is 0 Å². The van der Waals surface area contributed by atoms with Gasteiger partial charge in [0.2, 0.25) is 11.8 Å². The smallest absolute Gasteiger partial charge is 0.241 e. The Kier molecular flexibility index (Phi) is 4.19. The number of nitrogens with zero attached hydrogens (tertiary/aromatic N) is 2. The van der Waals surface area contributed by atoms with Crippen molar-refractivity contribution in [3.8, 4) is 0 Å². The molecule has 18 heavy (non-hydrogen) atoms. The maximum absolute atomic E-state index is 12.2. The van der Waals surface area contributed by atoms with Gasteiger partial charge in [0.1, 0.15) is 6.04 Å². The van der Waals surface area contributed by atoms with Crippen molar-refractivity contribution in [3.05, 3.63) is 0 Å². The molecule has 0 aromatic heterocycles. The van der Waals surface area contributed by atoms with Gasteiger partial charge < -0.3 is 15.1 Å². The highest BCUT2D eigenvalue weighted by Gasteiger charge is 2.30. The van der Waals surface area contributed by atoms with Crippen LogP contribution in [0, 0.1) is 0 Å². The van der Waals surface area contributed by atoms with E-state index in [1.807, 2.05) is 4.90 Å². The lowest BCUT2D eigenvalue weighted by molar-refractivity contribution is -0.136. The molecule has 1 unspecified atom stereocenters. The molecule has 2 aliphatic rings. The molecule has 2 saturated heterocycles. The Morgan fingerprint density at radius 2 is 2.00 bits per heavy atom. The summed E-state index contributed by atoms with van der Waals surface area (Å²) in [7, 11) is 4.17. The number of carbonyl (C=O) groups is 2. The number of amides is 2. The fraction of sp³-hybridized carbons (Fsp3) is 0.833. The first kappa shape index (κ1) is 13.3. The summed E-state index contributed by atoms with van der Waals surface area (Å²) in [6.45, 7) is 2.28. The first-order chi connectivity index (χ1) is 8.58. The van der Waals surface area contributed by atoms with Crippen molar-refractivity contribution in [2.24, 2.45) is 0 Å². The highest BCUT2D eigenvalue weighted by molar-refractivity contribution is 5.86. The number of nitrogens with one attached hydrogen (secondary N) is 2. The lowest BCUT2D eigenvalue weighted by Gasteiger charge is -2.37. The highest BCUT2D eigenvalue weighted by atomic mass is 16.2. The maximum Gasteiger partial charge on any atom is 0.241 e. The number of hydrogen-bond acceptors (Lipinski definition) is 4. The zero-order valence-corrected chi connectivity index (χ0v) is 11.1. The van der Waals surface area contributed by atoms with E-state index in [4.69, 9.17) is 0 Å². The minimum absolute atomic E-state index is 0.0367. The second-order valence-electron chi connectivity index (χ2n) is 5.26. The van der Waals surface area contributed by atoms with Gasteiger partial charge in [0.05, 0.1) is 6.54 Å². The van der Waals surface area contributed by atoms with Crippen LogP contribution < -0.4 is 10.6 Å². The van der Waals surface area contributed by atoms with E-state index in [1.165, 1.54) is 0 Å². The summed E-state index contributed by atoms with van der Waals surface area (Å²) in [5, 5.41) is 5.71. The summed E-state index contributed by atoms with van der Waals surface area (Å²) in [6.07, 6.45) is 2.05. The zero-order chi connectivity index (χ0) is 13.1. The van der Waals surface area contributed by atoms with Gasteiger partial charge >= 0.3 is 0 Å². The molecule has 2 amide bonds. The first-order valence-corrected chi connectivity index (χ1v) is 6.53. The molecular weight excluding hydrogens is 232 g/mol. The van der Waals surface area contributed by atoms with Gasteiger partial charge in [-0.2, -0.15) is 0 Å². The van der Waals surface area contributed by atoms with Gasteiger partial charge in [0.15, 0.2) is 0 Å². The van der Waals surface area contributed by atoms with Crippen molar-refractivity contribution in [1.29, 1.82) is 0 Å². The minimum Gasteiger partial charge on any atom is -0.353 e. The molecule has 0 aromatic carbocycles. The molecule has 2 aliphatic heterocycles. The van der Waals surface area contributed by atoms with Crippen LogP contribution in [0.2, 0.25) is 0 Å². The second kappa shape index (κ2) is 5.67. The van der Waals surface area contributed by atoms with E-state index in [2.05, 4.69) is 29.6 Å². The fourth-order valence-electron chi connectivity index (χ4n) is 2.56. The van der Waals surface area contributed by atoms with E-state index in [9.17, 15) is 9.59 Å². The Morgan fingerprint density at radius 1 is 1.33 bits per heavy atom. The fourth-order valence-corrected chi connectivity index (χ4v) is 2.56. The SMILES string of the molecule is CN(C)C1CCN(C(=O)C2CNC(=O)CN2)CC1. The summed E-state index contributed by atoms with van der Waals surface area (Å²) in [4.78, 5) is 27.4. The predicted octanol–water partition coefficient (Wildman–Crippen LogP) is -1.37. The van der Waals surface area contributed by atoms with Gasteiger partial charge in [-0.25, -0.2) is 0 Å². The quantitative estimate of drug-likeness (QED) is 0.638. The summed E-state index contributed by atoms with van der Waals surface area (Å²) in [6, 6.07) is 0.326. The van der Waals surface area contributed by atoms with Crippen LogP contribution in [-0.2, 0) is 9.59 Å². The van der Waals surface area contributed by atoms with Gasteiger partial charge in [-0.15, -0.1) is 0 Å². The highest BCUT2D eigenvalue weighted by Crippen LogP contribution is 2.15. The van der Waals surface area contributed by atoms with Gasteiger partial charge in [-0.1, -0.05) is 0 Å². The van der Waals surface area contributed by atoms with Gasteiger partial charge in [-0.05, 0) is 26.9 Å². The van der Waals surface area contributed by atoms with Crippen molar-refractivity contribution < 1.29 is 9.59 Å². The van der Waals surface area contributed by atoms with Crippen molar-refractivity contribution in [1.82, 2.24) is 20.4 Å². The molecule has 2 N–H and O–H groups in total. The monoisotopic (exact) mass is 254 g/mol. The standard InChI is InChI=1S/C12H22N4O2/c1-15(2)9-3-5-16(6-4-9)12(18)10-7-14-11(17)8-13-10/h9-10,13H,3-8H2,1-2H3,(H,14,17). The number of piperidine rings is 1. The number of rotatable bonds is 2. The van der Waals surface area contributed by atoms with E-state index in [-0.39, 0.29) is 24.4 Å². The summed E-state index contributed by atoms with van der Waals surface area (Å²) >= 11 is 0. The molecule has 102 valence electrons. The van der Waals surface area contributed by atoms with E-state index >= 15 is 0 Å². The molecule has 0 aliphatic carbocycles. The molecule has 0 bridgehead atoms. The third kappa shape index (κ3) is 3.00. The van der Waals surface area contributed by atoms with Crippen LogP contribution in [0.5, 0.6) is 0 Å². The molecule has 6 nitrogen and oxygen atoms in total. The molecule has 0 radical (unpaired) electrons. The molecule has 6 heteroatoms. The van der Waals surface area contributed by atoms with Crippen LogP contribution in [0.1, 0.15) is 12.8 Å². The predicted molar refractivity (Wildman–Crippen MR) is 68.1 cm³/mol. The normalized spacial score (nSPS) is 26.3. The minimum atomic E-state index is -0.251. The van der Waals surface area contributed by atoms with Gasteiger partial charge in [-0.3, -0.25) is 14.9 Å². The summed E-state index contributed by atoms with van der Waals surface area (Å²) in [5.41, 5.74) is 0. The van der Waals surface area contributed by atoms with E-state index in [1.54, 1.807) is 0 Å². The molecular formula is C12H22N4O2. The Hall–Kier alpha value is -1.14. The van der Waals surface area contributed by atoms with Crippen molar-refractivity contribution in [3.63, 3.8) is 0 Å². The number of hydrogen-bond donors (Lipinski definition) is 2. The number of likely N-dealkylation sites (tertiary alicyclic amines) is 1. The summed E-state index contributed by atoms with van der Waals surface area (Å²) < 4.78 is 0. The average molecular weight is 254 g/mol. The third-order valence-corrected chi connectivity index (χ3v) is 3.82. The first-order valence-electron chi connectivity index (χ1n) is 6.53. The lowest BCUT2D eigenvalue weighted by atomic mass is 10.0. The molecule has 2 heterocycles. The van der Waals surface area contributed by atoms with Crippen LogP contribution in [0.4, 0.5) is 0 Å². The molecule has 0 spiro atoms. The van der Waals surface area contributed by atoms with Crippen LogP contribution in [0.25, 0.3) is 0 Å². The largest absolute Gasteiger partial charge is 0.353 e. The van der Waals surface area contributed by atoms with E-state index in [0.29, 0.717) is 12.6 Å². The average Bonchev–Trinajstić information content (AvgIpc) is 2.39. The summed E-state index contributed by atoms with van der Waals surface area (Å²) in [5.74, 6) is 0.0811. The van der Waals surface area contributed by atoms with Gasteiger partial charge in [0, 0.05) is 25.7 Å². The topological polar surface area (TPSA) is 64.7 Å². The third-order valence-electron chi connectivity index (χ3n) is 3.82. The van der Waals surface area contributed by atoms with Gasteiger partial charge in [0.25, 0.3) is 0 Å². The maximum atomic E-state index is 12.2. The van der Waals surface area contributed by atoms with Crippen molar-refractivity contribution >= 4 is 11.8 Å². The van der Waals surface area contributed by atoms with Crippen molar-refractivity contribution in [2.45, 2.75) is 24.9 Å². The van der Waals surface area contributed by atoms with E-state index in [0.717, 1.165) is 25.9 Å². The zero-order valence-electron chi connectivity index (χ0n) is 11.1. The molecule has 0 aromatic rings. The van der Waals surface area contributed by atoms with Crippen LogP contribution in [0.15, 0.2) is 0 Å². The Morgan fingerprint density at radius 3 is 2.50 bits per heavy atom. The van der Waals surface area contributed by atoms with Crippen molar-refractivity contribution in [2.75, 3.05) is 40.3 Å².